The molecule has 5 heteroatoms. The van der Waals surface area contributed by atoms with E-state index in [9.17, 15) is 9.90 Å². The molecule has 2 rings (SSSR count). The lowest BCUT2D eigenvalue weighted by Crippen LogP contribution is -2.14. The molecule has 0 unspecified atom stereocenters. The fourth-order valence-corrected chi connectivity index (χ4v) is 3.54. The van der Waals surface area contributed by atoms with Crippen molar-refractivity contribution in [2.24, 2.45) is 17.5 Å². The number of rotatable bonds is 2. The molecule has 118 valence electrons. The average Bonchev–Trinajstić information content (AvgIpc) is 2.65. The van der Waals surface area contributed by atoms with Gasteiger partial charge in [0.05, 0.1) is 5.56 Å². The number of aromatic hydroxyl groups is 1. The molecule has 0 saturated carbocycles. The second-order valence-corrected chi connectivity index (χ2v) is 7.69. The van der Waals surface area contributed by atoms with Crippen molar-refractivity contribution in [3.8, 4) is 5.75 Å². The van der Waals surface area contributed by atoms with E-state index in [-0.39, 0.29) is 16.7 Å². The van der Waals surface area contributed by atoms with Gasteiger partial charge < -0.3 is 9.67 Å². The van der Waals surface area contributed by atoms with Gasteiger partial charge in [0, 0.05) is 17.6 Å². The lowest BCUT2D eigenvalue weighted by atomic mass is 9.91. The molecule has 1 heterocycles. The van der Waals surface area contributed by atoms with Crippen molar-refractivity contribution < 1.29 is 9.90 Å². The number of benzene rings is 1. The molecule has 0 spiro atoms. The molecule has 0 fully saturated rings. The summed E-state index contributed by atoms with van der Waals surface area (Å²) in [6.07, 6.45) is 0.942. The number of para-hydroxylation sites is 1. The Morgan fingerprint density at radius 1 is 1.32 bits per heavy atom. The van der Waals surface area contributed by atoms with Crippen LogP contribution in [0.3, 0.4) is 0 Å². The lowest BCUT2D eigenvalue weighted by Gasteiger charge is -2.17. The smallest absolute Gasteiger partial charge is 0.283 e. The monoisotopic (exact) mass is 318 g/mol. The third kappa shape index (κ3) is 3.65. The Morgan fingerprint density at radius 3 is 2.55 bits per heavy atom. The number of nitrogens with zero attached hydrogens (tertiary/aromatic N) is 2. The van der Waals surface area contributed by atoms with Crippen LogP contribution in [0.15, 0.2) is 29.3 Å². The number of phenols is 1. The van der Waals surface area contributed by atoms with Gasteiger partial charge in [-0.15, -0.1) is 11.3 Å². The summed E-state index contributed by atoms with van der Waals surface area (Å²) in [5, 5.41) is 9.76. The predicted octanol–water partition coefficient (Wildman–Crippen LogP) is 3.43. The van der Waals surface area contributed by atoms with E-state index in [1.807, 2.05) is 18.5 Å². The van der Waals surface area contributed by atoms with Gasteiger partial charge >= 0.3 is 0 Å². The van der Waals surface area contributed by atoms with Gasteiger partial charge in [0.25, 0.3) is 5.91 Å². The quantitative estimate of drug-likeness (QED) is 0.922. The van der Waals surface area contributed by atoms with Gasteiger partial charge in [-0.3, -0.25) is 4.79 Å². The van der Waals surface area contributed by atoms with Gasteiger partial charge in [-0.05, 0) is 30.9 Å². The van der Waals surface area contributed by atoms with Crippen LogP contribution >= 0.6 is 11.3 Å². The van der Waals surface area contributed by atoms with E-state index >= 15 is 0 Å². The number of hydrogen-bond donors (Lipinski definition) is 1. The van der Waals surface area contributed by atoms with Gasteiger partial charge in [0.1, 0.15) is 5.75 Å². The van der Waals surface area contributed by atoms with Crippen LogP contribution in [0, 0.1) is 12.3 Å². The van der Waals surface area contributed by atoms with Crippen molar-refractivity contribution in [2.75, 3.05) is 0 Å². The molecule has 0 atom stereocenters. The summed E-state index contributed by atoms with van der Waals surface area (Å²) in [6, 6.07) is 6.47. The summed E-state index contributed by atoms with van der Waals surface area (Å²) in [5.74, 6) is -0.459. The highest BCUT2D eigenvalue weighted by molar-refractivity contribution is 7.09. The van der Waals surface area contributed by atoms with Crippen molar-refractivity contribution in [3.63, 3.8) is 0 Å². The molecular weight excluding hydrogens is 296 g/mol. The first-order valence-electron chi connectivity index (χ1n) is 7.21. The second kappa shape index (κ2) is 6.08. The molecule has 0 saturated heterocycles. The van der Waals surface area contributed by atoms with E-state index in [1.165, 1.54) is 22.3 Å². The van der Waals surface area contributed by atoms with Crippen molar-refractivity contribution in [1.29, 1.82) is 0 Å². The normalized spacial score (nSPS) is 12.7. The zero-order chi connectivity index (χ0) is 16.5. The minimum Gasteiger partial charge on any atom is -0.507 e. The molecule has 0 aliphatic carbocycles. The van der Waals surface area contributed by atoms with E-state index in [0.717, 1.165) is 12.1 Å². The van der Waals surface area contributed by atoms with Crippen molar-refractivity contribution in [2.45, 2.75) is 34.1 Å². The highest BCUT2D eigenvalue weighted by atomic mass is 32.1. The maximum absolute atomic E-state index is 12.3. The molecule has 2 aromatic rings. The van der Waals surface area contributed by atoms with Crippen molar-refractivity contribution >= 4 is 17.2 Å². The number of amides is 1. The van der Waals surface area contributed by atoms with Gasteiger partial charge in [-0.2, -0.15) is 4.99 Å². The molecular formula is C17H22N2O2S. The zero-order valence-corrected chi connectivity index (χ0v) is 14.5. The fraction of sp³-hybridized carbons (Fsp3) is 0.412. The topological polar surface area (TPSA) is 54.6 Å². The molecule has 1 N–H and O–H groups in total. The molecule has 0 radical (unpaired) electrons. The Bertz CT molecular complexity index is 764. The van der Waals surface area contributed by atoms with Gasteiger partial charge in [0.15, 0.2) is 4.80 Å². The summed E-state index contributed by atoms with van der Waals surface area (Å²) in [6.45, 7) is 8.61. The highest BCUT2D eigenvalue weighted by Gasteiger charge is 2.17. The molecule has 0 bridgehead atoms. The van der Waals surface area contributed by atoms with Gasteiger partial charge in [-0.1, -0.05) is 32.9 Å². The Morgan fingerprint density at radius 2 is 1.95 bits per heavy atom. The Hall–Kier alpha value is -1.88. The first-order chi connectivity index (χ1) is 10.2. The summed E-state index contributed by atoms with van der Waals surface area (Å²) in [4.78, 5) is 18.3. The maximum atomic E-state index is 12.3. The third-order valence-electron chi connectivity index (χ3n) is 3.43. The SMILES string of the molecule is Cc1c(CC(C)(C)C)sc(=NC(=O)c2ccccc2O)n1C. The van der Waals surface area contributed by atoms with E-state index < -0.39 is 5.91 Å². The fourth-order valence-electron chi connectivity index (χ4n) is 2.13. The largest absolute Gasteiger partial charge is 0.507 e. The van der Waals surface area contributed by atoms with Crippen LogP contribution in [0.1, 0.15) is 41.7 Å². The third-order valence-corrected chi connectivity index (χ3v) is 4.66. The average molecular weight is 318 g/mol. The minimum atomic E-state index is -0.419. The van der Waals surface area contributed by atoms with Crippen LogP contribution in [0.4, 0.5) is 0 Å². The number of carbonyl (C=O) groups is 1. The Labute approximate surface area is 134 Å². The van der Waals surface area contributed by atoms with Crippen LogP contribution < -0.4 is 4.80 Å². The molecule has 4 nitrogen and oxygen atoms in total. The Kier molecular flexibility index (Phi) is 4.56. The van der Waals surface area contributed by atoms with E-state index in [0.29, 0.717) is 4.80 Å². The standard InChI is InChI=1S/C17H22N2O2S/c1-11-14(10-17(2,3)4)22-16(19(11)5)18-15(21)12-8-6-7-9-13(12)20/h6-9,20H,10H2,1-5H3. The molecule has 1 amide bonds. The molecule has 1 aromatic carbocycles. The number of aromatic nitrogens is 1. The summed E-state index contributed by atoms with van der Waals surface area (Å²) in [7, 11) is 1.91. The molecule has 22 heavy (non-hydrogen) atoms. The Balaban J connectivity index is 2.43. The molecule has 1 aromatic heterocycles. The maximum Gasteiger partial charge on any atom is 0.283 e. The van der Waals surface area contributed by atoms with E-state index in [1.54, 1.807) is 18.2 Å². The van der Waals surface area contributed by atoms with Crippen molar-refractivity contribution in [3.05, 3.63) is 45.2 Å². The van der Waals surface area contributed by atoms with Crippen LogP contribution in [0.25, 0.3) is 0 Å². The minimum absolute atomic E-state index is 0.0397. The summed E-state index contributed by atoms with van der Waals surface area (Å²) in [5.41, 5.74) is 1.54. The van der Waals surface area contributed by atoms with Crippen LogP contribution in [-0.4, -0.2) is 15.6 Å². The van der Waals surface area contributed by atoms with Crippen molar-refractivity contribution in [1.82, 2.24) is 4.57 Å². The first kappa shape index (κ1) is 16.5. The second-order valence-electron chi connectivity index (χ2n) is 6.62. The van der Waals surface area contributed by atoms with E-state index in [2.05, 4.69) is 25.8 Å². The zero-order valence-electron chi connectivity index (χ0n) is 13.7. The lowest BCUT2D eigenvalue weighted by molar-refractivity contribution is 0.0995. The highest BCUT2D eigenvalue weighted by Crippen LogP contribution is 2.24. The van der Waals surface area contributed by atoms with Gasteiger partial charge in [-0.25, -0.2) is 0 Å². The van der Waals surface area contributed by atoms with Crippen LogP contribution in [-0.2, 0) is 13.5 Å². The number of hydrogen-bond acceptors (Lipinski definition) is 3. The summed E-state index contributed by atoms with van der Waals surface area (Å²) < 4.78 is 1.93. The molecule has 0 aliphatic heterocycles. The van der Waals surface area contributed by atoms with Crippen LogP contribution in [0.5, 0.6) is 5.75 Å². The van der Waals surface area contributed by atoms with E-state index in [4.69, 9.17) is 0 Å². The number of phenolic OH excluding ortho intramolecular Hbond substituents is 1. The number of thiazole rings is 1. The van der Waals surface area contributed by atoms with Gasteiger partial charge in [0.2, 0.25) is 0 Å². The number of carbonyl (C=O) groups excluding carboxylic acids is 1. The summed E-state index contributed by atoms with van der Waals surface area (Å²) >= 11 is 1.54. The first-order valence-corrected chi connectivity index (χ1v) is 8.03. The predicted molar refractivity (Wildman–Crippen MR) is 89.2 cm³/mol. The molecule has 0 aliphatic rings. The van der Waals surface area contributed by atoms with Crippen LogP contribution in [0.2, 0.25) is 0 Å².